The summed E-state index contributed by atoms with van der Waals surface area (Å²) >= 11 is 1.20. The second kappa shape index (κ2) is 11.0. The lowest BCUT2D eigenvalue weighted by Gasteiger charge is -2.21. The van der Waals surface area contributed by atoms with Gasteiger partial charge in [0.1, 0.15) is 29.0 Å². The average Bonchev–Trinajstić information content (AvgIpc) is 3.56. The Hall–Kier alpha value is -4.32. The Morgan fingerprint density at radius 1 is 1.12 bits per heavy atom. The molecule has 7 rings (SSSR count). The number of amides is 3. The molecule has 208 valence electrons. The summed E-state index contributed by atoms with van der Waals surface area (Å²) in [7, 11) is 0. The normalized spacial score (nSPS) is 20.9. The van der Waals surface area contributed by atoms with E-state index in [-0.39, 0.29) is 43.1 Å². The van der Waals surface area contributed by atoms with Crippen molar-refractivity contribution in [2.24, 2.45) is 5.92 Å². The van der Waals surface area contributed by atoms with Crippen LogP contribution in [0.15, 0.2) is 47.8 Å². The summed E-state index contributed by atoms with van der Waals surface area (Å²) < 4.78 is 17.9. The number of hydrogen-bond donors (Lipinski definition) is 3. The SMILES string of the molecule is Nc1nc(C(=O)N2C[C@@H]3NC(=O)c4cc(cc(OCC5CC5)c4)OCC(=O)NCc4ccc(cc4)O[C@H]3C2)cs1. The molecular weight excluding hydrogens is 534 g/mol. The van der Waals surface area contributed by atoms with E-state index in [2.05, 4.69) is 15.6 Å². The highest BCUT2D eigenvalue weighted by molar-refractivity contribution is 7.13. The third-order valence-corrected chi connectivity index (χ3v) is 7.68. The molecule has 2 aromatic carbocycles. The molecule has 4 bridgehead atoms. The van der Waals surface area contributed by atoms with E-state index in [1.54, 1.807) is 40.6 Å². The van der Waals surface area contributed by atoms with E-state index in [1.165, 1.54) is 11.3 Å². The van der Waals surface area contributed by atoms with Gasteiger partial charge in [0.2, 0.25) is 0 Å². The zero-order valence-electron chi connectivity index (χ0n) is 21.6. The number of nitrogens with two attached hydrogens (primary N) is 1. The summed E-state index contributed by atoms with van der Waals surface area (Å²) in [4.78, 5) is 44.8. The predicted molar refractivity (Wildman–Crippen MR) is 147 cm³/mol. The van der Waals surface area contributed by atoms with Gasteiger partial charge in [-0.3, -0.25) is 14.4 Å². The van der Waals surface area contributed by atoms with Crippen molar-refractivity contribution in [2.75, 3.05) is 32.0 Å². The fourth-order valence-electron chi connectivity index (χ4n) is 4.63. The van der Waals surface area contributed by atoms with Crippen LogP contribution in [0.4, 0.5) is 5.13 Å². The maximum absolute atomic E-state index is 13.5. The number of aromatic nitrogens is 1. The van der Waals surface area contributed by atoms with Gasteiger partial charge in [0.25, 0.3) is 17.7 Å². The number of thiazole rings is 1. The molecule has 2 fully saturated rings. The molecule has 40 heavy (non-hydrogen) atoms. The highest BCUT2D eigenvalue weighted by Gasteiger charge is 2.39. The number of benzene rings is 2. The Bertz CT molecular complexity index is 1420. The van der Waals surface area contributed by atoms with E-state index < -0.39 is 12.1 Å². The van der Waals surface area contributed by atoms with Crippen LogP contribution in [-0.4, -0.2) is 66.1 Å². The molecule has 4 aliphatic rings. The topological polar surface area (TPSA) is 145 Å². The fourth-order valence-corrected chi connectivity index (χ4v) is 5.16. The van der Waals surface area contributed by atoms with Crippen molar-refractivity contribution in [3.63, 3.8) is 0 Å². The van der Waals surface area contributed by atoms with Crippen LogP contribution in [0.5, 0.6) is 17.2 Å². The van der Waals surface area contributed by atoms with E-state index in [0.717, 1.165) is 18.4 Å². The molecule has 1 aliphatic carbocycles. The van der Waals surface area contributed by atoms with Gasteiger partial charge in [-0.05, 0) is 48.6 Å². The lowest BCUT2D eigenvalue weighted by Crippen LogP contribution is -2.45. The number of likely N-dealkylation sites (tertiary alicyclic amines) is 1. The molecule has 0 spiro atoms. The molecule has 3 amide bonds. The second-order valence-corrected chi connectivity index (χ2v) is 11.1. The van der Waals surface area contributed by atoms with Gasteiger partial charge in [-0.25, -0.2) is 4.98 Å². The first-order valence-corrected chi connectivity index (χ1v) is 14.0. The van der Waals surface area contributed by atoms with Crippen LogP contribution in [0, 0.1) is 5.92 Å². The van der Waals surface area contributed by atoms with Gasteiger partial charge >= 0.3 is 0 Å². The number of carbonyl (C=O) groups is 3. The molecule has 12 heteroatoms. The lowest BCUT2D eigenvalue weighted by molar-refractivity contribution is -0.123. The molecule has 4 heterocycles. The van der Waals surface area contributed by atoms with Crippen LogP contribution in [0.3, 0.4) is 0 Å². The third-order valence-electron chi connectivity index (χ3n) is 7.01. The molecule has 2 atom stereocenters. The maximum Gasteiger partial charge on any atom is 0.273 e. The van der Waals surface area contributed by atoms with Gasteiger partial charge in [-0.1, -0.05) is 12.1 Å². The number of carbonyl (C=O) groups excluding carboxylic acids is 3. The lowest BCUT2D eigenvalue weighted by atomic mass is 10.1. The van der Waals surface area contributed by atoms with Crippen LogP contribution in [0.1, 0.15) is 39.3 Å². The molecule has 3 aromatic rings. The Balaban J connectivity index is 1.28. The number of ether oxygens (including phenoxy) is 3. The van der Waals surface area contributed by atoms with E-state index >= 15 is 0 Å². The molecule has 1 saturated carbocycles. The van der Waals surface area contributed by atoms with Gasteiger partial charge < -0.3 is 35.5 Å². The first-order valence-electron chi connectivity index (χ1n) is 13.1. The summed E-state index contributed by atoms with van der Waals surface area (Å²) in [6.07, 6.45) is 1.73. The molecular formula is C28H29N5O6S. The quantitative estimate of drug-likeness (QED) is 0.438. The van der Waals surface area contributed by atoms with E-state index in [9.17, 15) is 14.4 Å². The predicted octanol–water partition coefficient (Wildman–Crippen LogP) is 2.22. The number of rotatable bonds is 4. The first-order chi connectivity index (χ1) is 19.4. The summed E-state index contributed by atoms with van der Waals surface area (Å²) in [5.74, 6) is 0.983. The Morgan fingerprint density at radius 2 is 1.95 bits per heavy atom. The van der Waals surface area contributed by atoms with Crippen molar-refractivity contribution in [1.29, 1.82) is 0 Å². The zero-order chi connectivity index (χ0) is 27.6. The number of anilines is 1. The van der Waals surface area contributed by atoms with Crippen LogP contribution in [-0.2, 0) is 11.3 Å². The molecule has 11 nitrogen and oxygen atoms in total. The highest BCUT2D eigenvalue weighted by Crippen LogP contribution is 2.31. The summed E-state index contributed by atoms with van der Waals surface area (Å²) in [5.41, 5.74) is 7.20. The standard InChI is InChI=1S/C28H29N5O6S/c29-28-32-23(15-40-28)27(36)33-11-22-24(12-33)39-19-5-3-16(4-6-19)10-30-25(34)14-38-21-8-18(26(35)31-22)7-20(9-21)37-13-17-1-2-17/h3-9,15,17,22,24H,1-2,10-14H2,(H2,29,32)(H,30,34)(H,31,35)/t22-,24-/m0/s1. The van der Waals surface area contributed by atoms with Crippen molar-refractivity contribution in [3.05, 3.63) is 64.7 Å². The number of nitrogens with zero attached hydrogens (tertiary/aromatic N) is 2. The minimum absolute atomic E-state index is 0.211. The van der Waals surface area contributed by atoms with E-state index in [4.69, 9.17) is 19.9 Å². The van der Waals surface area contributed by atoms with E-state index in [1.807, 2.05) is 12.1 Å². The minimum atomic E-state index is -0.518. The summed E-state index contributed by atoms with van der Waals surface area (Å²) in [5, 5.41) is 7.80. The molecule has 0 radical (unpaired) electrons. The first kappa shape index (κ1) is 25.9. The average molecular weight is 564 g/mol. The summed E-state index contributed by atoms with van der Waals surface area (Å²) in [6.45, 7) is 1.14. The highest BCUT2D eigenvalue weighted by atomic mass is 32.1. The number of nitrogens with one attached hydrogen (secondary N) is 2. The van der Waals surface area contributed by atoms with Crippen molar-refractivity contribution >= 4 is 34.2 Å². The number of hydrogen-bond acceptors (Lipinski definition) is 9. The van der Waals surface area contributed by atoms with Crippen molar-refractivity contribution in [3.8, 4) is 17.2 Å². The molecule has 1 saturated heterocycles. The monoisotopic (exact) mass is 563 g/mol. The minimum Gasteiger partial charge on any atom is -0.493 e. The van der Waals surface area contributed by atoms with Crippen LogP contribution < -0.4 is 30.6 Å². The van der Waals surface area contributed by atoms with Crippen molar-refractivity contribution in [1.82, 2.24) is 20.5 Å². The molecule has 4 N–H and O–H groups in total. The molecule has 0 unspecified atom stereocenters. The van der Waals surface area contributed by atoms with Gasteiger partial charge in [-0.15, -0.1) is 11.3 Å². The van der Waals surface area contributed by atoms with Crippen LogP contribution >= 0.6 is 11.3 Å². The second-order valence-electron chi connectivity index (χ2n) is 10.2. The smallest absolute Gasteiger partial charge is 0.273 e. The molecule has 3 aliphatic heterocycles. The number of nitrogen functional groups attached to an aromatic ring is 1. The molecule has 1 aromatic heterocycles. The largest absolute Gasteiger partial charge is 0.493 e. The van der Waals surface area contributed by atoms with Crippen molar-refractivity contribution in [2.45, 2.75) is 31.5 Å². The van der Waals surface area contributed by atoms with Gasteiger partial charge in [-0.2, -0.15) is 0 Å². The number of fused-ring (bicyclic) bond motifs is 7. The third kappa shape index (κ3) is 6.12. The summed E-state index contributed by atoms with van der Waals surface area (Å²) in [6, 6.07) is 11.7. The van der Waals surface area contributed by atoms with Gasteiger partial charge in [0.05, 0.1) is 19.2 Å². The van der Waals surface area contributed by atoms with Crippen LogP contribution in [0.2, 0.25) is 0 Å². The maximum atomic E-state index is 13.5. The van der Waals surface area contributed by atoms with Crippen molar-refractivity contribution < 1.29 is 28.6 Å². The fraction of sp³-hybridized carbons (Fsp3) is 0.357. The van der Waals surface area contributed by atoms with E-state index in [0.29, 0.717) is 47.0 Å². The van der Waals surface area contributed by atoms with Crippen LogP contribution in [0.25, 0.3) is 0 Å². The Morgan fingerprint density at radius 3 is 2.70 bits per heavy atom. The Labute approximate surface area is 234 Å². The van der Waals surface area contributed by atoms with Gasteiger partial charge in [0.15, 0.2) is 11.7 Å². The zero-order valence-corrected chi connectivity index (χ0v) is 22.4. The van der Waals surface area contributed by atoms with Gasteiger partial charge in [0, 0.05) is 30.1 Å². The Kier molecular flexibility index (Phi) is 7.16.